The molecular weight excluding hydrogens is 281 g/mol. The van der Waals surface area contributed by atoms with Crippen molar-refractivity contribution < 1.29 is 23.1 Å². The van der Waals surface area contributed by atoms with Crippen molar-refractivity contribution in [1.29, 1.82) is 0 Å². The number of carboxylic acid groups (broad SMARTS) is 1. The molecule has 2 nitrogen and oxygen atoms in total. The zero-order valence-electron chi connectivity index (χ0n) is 9.88. The highest BCUT2D eigenvalue weighted by Gasteiger charge is 2.37. The number of hydrogen-bond acceptors (Lipinski definition) is 1. The Morgan fingerprint density at radius 1 is 1.42 bits per heavy atom. The molecular formula is C13H12ClF3O2. The van der Waals surface area contributed by atoms with E-state index in [0.717, 1.165) is 25.0 Å². The van der Waals surface area contributed by atoms with Gasteiger partial charge in [0, 0.05) is 5.02 Å². The number of rotatable bonds is 4. The van der Waals surface area contributed by atoms with Crippen LogP contribution < -0.4 is 0 Å². The predicted molar refractivity (Wildman–Crippen MR) is 64.2 cm³/mol. The van der Waals surface area contributed by atoms with Crippen molar-refractivity contribution >= 4 is 17.6 Å². The summed E-state index contributed by atoms with van der Waals surface area (Å²) in [6.07, 6.45) is -2.96. The third-order valence-electron chi connectivity index (χ3n) is 3.31. The lowest BCUT2D eigenvalue weighted by molar-refractivity contribution is -0.138. The largest absolute Gasteiger partial charge is 0.481 e. The first-order valence-corrected chi connectivity index (χ1v) is 6.25. The second-order valence-corrected chi connectivity index (χ2v) is 5.18. The lowest BCUT2D eigenvalue weighted by Gasteiger charge is -2.18. The molecule has 1 fully saturated rings. The minimum Gasteiger partial charge on any atom is -0.481 e. The van der Waals surface area contributed by atoms with Gasteiger partial charge >= 0.3 is 12.1 Å². The second-order valence-electron chi connectivity index (χ2n) is 4.78. The molecule has 0 saturated heterocycles. The molecule has 0 radical (unpaired) electrons. The van der Waals surface area contributed by atoms with Crippen LogP contribution in [-0.2, 0) is 11.0 Å². The first kappa shape index (κ1) is 14.2. The van der Waals surface area contributed by atoms with Crippen LogP contribution in [0.25, 0.3) is 0 Å². The van der Waals surface area contributed by atoms with Gasteiger partial charge in [-0.15, -0.1) is 0 Å². The summed E-state index contributed by atoms with van der Waals surface area (Å²) in [5, 5.41) is 9.08. The fourth-order valence-electron chi connectivity index (χ4n) is 2.22. The Morgan fingerprint density at radius 2 is 2.05 bits per heavy atom. The molecule has 1 aliphatic carbocycles. The zero-order chi connectivity index (χ0) is 14.2. The van der Waals surface area contributed by atoms with Gasteiger partial charge in [-0.1, -0.05) is 11.6 Å². The fourth-order valence-corrected chi connectivity index (χ4v) is 2.48. The van der Waals surface area contributed by atoms with Gasteiger partial charge in [-0.2, -0.15) is 13.2 Å². The van der Waals surface area contributed by atoms with E-state index in [1.54, 1.807) is 0 Å². The molecule has 0 spiro atoms. The first-order chi connectivity index (χ1) is 8.79. The number of hydrogen-bond donors (Lipinski definition) is 1. The molecule has 1 aliphatic rings. The van der Waals surface area contributed by atoms with Crippen LogP contribution >= 0.6 is 11.6 Å². The smallest absolute Gasteiger partial charge is 0.416 e. The Labute approximate surface area is 113 Å². The van der Waals surface area contributed by atoms with Crippen LogP contribution in [0.2, 0.25) is 5.02 Å². The monoisotopic (exact) mass is 292 g/mol. The minimum absolute atomic E-state index is 0.122. The molecule has 0 aliphatic heterocycles. The van der Waals surface area contributed by atoms with Crippen molar-refractivity contribution in [3.8, 4) is 0 Å². The summed E-state index contributed by atoms with van der Waals surface area (Å²) in [6.45, 7) is 0. The highest BCUT2D eigenvalue weighted by Crippen LogP contribution is 2.47. The molecule has 1 N–H and O–H groups in total. The maximum Gasteiger partial charge on any atom is 0.416 e. The van der Waals surface area contributed by atoms with Crippen LogP contribution in [0.4, 0.5) is 13.2 Å². The quantitative estimate of drug-likeness (QED) is 0.897. The van der Waals surface area contributed by atoms with E-state index < -0.39 is 23.6 Å². The Bertz CT molecular complexity index is 495. The molecule has 104 valence electrons. The van der Waals surface area contributed by atoms with Crippen LogP contribution in [-0.4, -0.2) is 11.1 Å². The summed E-state index contributed by atoms with van der Waals surface area (Å²) in [4.78, 5) is 10.8. The first-order valence-electron chi connectivity index (χ1n) is 5.87. The van der Waals surface area contributed by atoms with Crippen LogP contribution in [0.1, 0.15) is 36.3 Å². The number of carbonyl (C=O) groups is 1. The van der Waals surface area contributed by atoms with Crippen molar-refractivity contribution in [2.45, 2.75) is 31.4 Å². The molecule has 1 atom stereocenters. The normalized spacial score (nSPS) is 17.3. The van der Waals surface area contributed by atoms with Gasteiger partial charge in [0.05, 0.1) is 12.0 Å². The number of carboxylic acids is 1. The van der Waals surface area contributed by atoms with E-state index in [9.17, 15) is 18.0 Å². The van der Waals surface area contributed by atoms with Gasteiger partial charge in [0.1, 0.15) is 0 Å². The maximum absolute atomic E-state index is 12.7. The third kappa shape index (κ3) is 3.41. The van der Waals surface area contributed by atoms with Crippen molar-refractivity contribution in [2.75, 3.05) is 0 Å². The minimum atomic E-state index is -4.45. The lowest BCUT2D eigenvalue weighted by atomic mass is 9.90. The van der Waals surface area contributed by atoms with Gasteiger partial charge < -0.3 is 5.11 Å². The third-order valence-corrected chi connectivity index (χ3v) is 3.65. The summed E-state index contributed by atoms with van der Waals surface area (Å²) in [5.74, 6) is -1.34. The molecule has 1 unspecified atom stereocenters. The Morgan fingerprint density at radius 3 is 2.53 bits per heavy atom. The number of benzene rings is 1. The van der Waals surface area contributed by atoms with E-state index in [1.165, 1.54) is 6.07 Å². The van der Waals surface area contributed by atoms with E-state index in [4.69, 9.17) is 16.7 Å². The molecule has 2 rings (SSSR count). The van der Waals surface area contributed by atoms with E-state index in [-0.39, 0.29) is 17.4 Å². The van der Waals surface area contributed by atoms with Crippen LogP contribution in [0.3, 0.4) is 0 Å². The maximum atomic E-state index is 12.7. The number of alkyl halides is 3. The van der Waals surface area contributed by atoms with Gasteiger partial charge in [0.15, 0.2) is 0 Å². The fraction of sp³-hybridized carbons (Fsp3) is 0.462. The average Bonchev–Trinajstić information content (AvgIpc) is 3.08. The van der Waals surface area contributed by atoms with Crippen molar-refractivity contribution in [2.24, 2.45) is 5.92 Å². The molecule has 0 heterocycles. The van der Waals surface area contributed by atoms with E-state index in [0.29, 0.717) is 5.56 Å². The number of halogens is 4. The molecule has 0 bridgehead atoms. The van der Waals surface area contributed by atoms with Crippen LogP contribution in [0.5, 0.6) is 0 Å². The zero-order valence-corrected chi connectivity index (χ0v) is 10.6. The van der Waals surface area contributed by atoms with E-state index in [2.05, 4.69) is 0 Å². The summed E-state index contributed by atoms with van der Waals surface area (Å²) in [7, 11) is 0. The Kier molecular flexibility index (Phi) is 3.76. The average molecular weight is 293 g/mol. The lowest BCUT2D eigenvalue weighted by Crippen LogP contribution is -2.11. The highest BCUT2D eigenvalue weighted by atomic mass is 35.5. The van der Waals surface area contributed by atoms with Crippen molar-refractivity contribution in [3.63, 3.8) is 0 Å². The van der Waals surface area contributed by atoms with Gasteiger partial charge in [-0.05, 0) is 48.4 Å². The van der Waals surface area contributed by atoms with E-state index in [1.807, 2.05) is 0 Å². The number of aliphatic carboxylic acids is 1. The van der Waals surface area contributed by atoms with Gasteiger partial charge in [-0.25, -0.2) is 0 Å². The van der Waals surface area contributed by atoms with Gasteiger partial charge in [0.25, 0.3) is 0 Å². The van der Waals surface area contributed by atoms with Gasteiger partial charge in [0.2, 0.25) is 0 Å². The Balaban J connectivity index is 2.38. The van der Waals surface area contributed by atoms with Crippen LogP contribution in [0.15, 0.2) is 18.2 Å². The van der Waals surface area contributed by atoms with Crippen LogP contribution in [0, 0.1) is 5.92 Å². The summed E-state index contributed by atoms with van der Waals surface area (Å²) < 4.78 is 38.0. The highest BCUT2D eigenvalue weighted by molar-refractivity contribution is 6.31. The predicted octanol–water partition coefficient (Wildman–Crippen LogP) is 4.33. The topological polar surface area (TPSA) is 37.3 Å². The van der Waals surface area contributed by atoms with Crippen molar-refractivity contribution in [3.05, 3.63) is 34.3 Å². The summed E-state index contributed by atoms with van der Waals surface area (Å²) in [5.41, 5.74) is -0.496. The Hall–Kier alpha value is -1.23. The SMILES string of the molecule is O=C(O)CC(c1cc(C(F)(F)F)ccc1Cl)C1CC1. The van der Waals surface area contributed by atoms with E-state index >= 15 is 0 Å². The molecule has 1 aromatic carbocycles. The van der Waals surface area contributed by atoms with Crippen molar-refractivity contribution in [1.82, 2.24) is 0 Å². The summed E-state index contributed by atoms with van der Waals surface area (Å²) >= 11 is 5.94. The second kappa shape index (κ2) is 5.04. The molecule has 19 heavy (non-hydrogen) atoms. The molecule has 0 amide bonds. The standard InChI is InChI=1S/C13H12ClF3O2/c14-11-4-3-8(13(15,16)17)5-10(11)9(6-12(18)19)7-1-2-7/h3-5,7,9H,1-2,6H2,(H,18,19). The molecule has 1 saturated carbocycles. The molecule has 1 aromatic rings. The van der Waals surface area contributed by atoms with Gasteiger partial charge in [-0.3, -0.25) is 4.79 Å². The summed E-state index contributed by atoms with van der Waals surface area (Å²) in [6, 6.07) is 3.09. The molecule has 0 aromatic heterocycles. The molecule has 6 heteroatoms.